The van der Waals surface area contributed by atoms with Crippen LogP contribution in [0.25, 0.3) is 16.8 Å². The van der Waals surface area contributed by atoms with Crippen LogP contribution in [0.1, 0.15) is 20.8 Å². The largest absolute Gasteiger partial charge is 0.493 e. The highest BCUT2D eigenvalue weighted by Gasteiger charge is 2.21. The summed E-state index contributed by atoms with van der Waals surface area (Å²) in [5.41, 5.74) is 6.24. The Balaban J connectivity index is 1.65. The molecule has 1 heterocycles. The van der Waals surface area contributed by atoms with Gasteiger partial charge in [0.05, 0.1) is 24.8 Å². The van der Waals surface area contributed by atoms with Crippen LogP contribution in [0.15, 0.2) is 79.0 Å². The fraction of sp³-hybridized carbons (Fsp3) is 0.0800. The number of carbonyl (C=O) groups is 2. The lowest BCUT2D eigenvalue weighted by atomic mass is 10.1. The van der Waals surface area contributed by atoms with Gasteiger partial charge in [-0.3, -0.25) is 30.6 Å². The summed E-state index contributed by atoms with van der Waals surface area (Å²) < 4.78 is 12.2. The van der Waals surface area contributed by atoms with Gasteiger partial charge in [0.1, 0.15) is 0 Å². The Hall–Kier alpha value is -5.19. The molecule has 3 aromatic carbocycles. The average Bonchev–Trinajstić information content (AvgIpc) is 3.37. The monoisotopic (exact) mass is 487 g/mol. The highest BCUT2D eigenvalue weighted by molar-refractivity contribution is 6.02. The third-order valence-corrected chi connectivity index (χ3v) is 5.25. The summed E-state index contributed by atoms with van der Waals surface area (Å²) in [6, 6.07) is 19.5. The van der Waals surface area contributed by atoms with Crippen LogP contribution in [0.3, 0.4) is 0 Å². The number of methoxy groups -OCH3 is 2. The molecule has 4 aromatic rings. The third kappa shape index (κ3) is 4.99. The fourth-order valence-electron chi connectivity index (χ4n) is 3.48. The topological polar surface area (TPSA) is 138 Å². The van der Waals surface area contributed by atoms with Crippen LogP contribution in [0.2, 0.25) is 0 Å². The standard InChI is InChI=1S/C25H21N5O6/c1-35-21-12-11-16(14-22(21)36-2)20-15-29(18-8-4-3-5-9-18)28-23(20)25(32)27-26-24(31)17-7-6-10-19(13-17)30(33)34/h3-15H,1-2H3,(H,26,31)(H,27,32). The Labute approximate surface area is 205 Å². The summed E-state index contributed by atoms with van der Waals surface area (Å²) in [5.74, 6) is -0.421. The lowest BCUT2D eigenvalue weighted by molar-refractivity contribution is -0.384. The van der Waals surface area contributed by atoms with Gasteiger partial charge in [0, 0.05) is 29.5 Å². The van der Waals surface area contributed by atoms with Gasteiger partial charge in [0.25, 0.3) is 17.5 Å². The number of nitro benzene ring substituents is 1. The summed E-state index contributed by atoms with van der Waals surface area (Å²) in [6.07, 6.45) is 1.69. The zero-order valence-corrected chi connectivity index (χ0v) is 19.3. The number of ether oxygens (including phenoxy) is 2. The van der Waals surface area contributed by atoms with Crippen molar-refractivity contribution in [2.24, 2.45) is 0 Å². The summed E-state index contributed by atoms with van der Waals surface area (Å²) in [4.78, 5) is 36.0. The minimum Gasteiger partial charge on any atom is -0.493 e. The first kappa shape index (κ1) is 24.0. The zero-order chi connectivity index (χ0) is 25.7. The van der Waals surface area contributed by atoms with E-state index in [4.69, 9.17) is 9.47 Å². The number of hydrogen-bond donors (Lipinski definition) is 2. The molecule has 0 aliphatic carbocycles. The summed E-state index contributed by atoms with van der Waals surface area (Å²) in [7, 11) is 3.03. The fourth-order valence-corrected chi connectivity index (χ4v) is 3.48. The second kappa shape index (κ2) is 10.4. The maximum atomic E-state index is 13.1. The van der Waals surface area contributed by atoms with Gasteiger partial charge < -0.3 is 9.47 Å². The molecule has 4 rings (SSSR count). The predicted octanol–water partition coefficient (Wildman–Crippen LogP) is 3.54. The van der Waals surface area contributed by atoms with Crippen LogP contribution < -0.4 is 20.3 Å². The number of aromatic nitrogens is 2. The van der Waals surface area contributed by atoms with E-state index < -0.39 is 16.7 Å². The summed E-state index contributed by atoms with van der Waals surface area (Å²) in [6.45, 7) is 0. The Morgan fingerprint density at radius 3 is 2.31 bits per heavy atom. The van der Waals surface area contributed by atoms with Gasteiger partial charge >= 0.3 is 0 Å². The number of non-ortho nitro benzene ring substituents is 1. The SMILES string of the molecule is COc1ccc(-c2cn(-c3ccccc3)nc2C(=O)NNC(=O)c2cccc([N+](=O)[O-])c2)cc1OC. The van der Waals surface area contributed by atoms with Crippen molar-refractivity contribution in [3.05, 3.63) is 100 Å². The number of carbonyl (C=O) groups excluding carboxylic acids is 2. The second-order valence-corrected chi connectivity index (χ2v) is 7.46. The lowest BCUT2D eigenvalue weighted by Crippen LogP contribution is -2.42. The second-order valence-electron chi connectivity index (χ2n) is 7.46. The Morgan fingerprint density at radius 1 is 0.889 bits per heavy atom. The minimum absolute atomic E-state index is 0.0134. The van der Waals surface area contributed by atoms with Crippen molar-refractivity contribution in [3.63, 3.8) is 0 Å². The molecule has 0 atom stereocenters. The van der Waals surface area contributed by atoms with Gasteiger partial charge in [-0.25, -0.2) is 4.68 Å². The number of rotatable bonds is 7. The molecule has 0 spiro atoms. The molecule has 2 N–H and O–H groups in total. The molecule has 0 bridgehead atoms. The van der Waals surface area contributed by atoms with Gasteiger partial charge in [-0.05, 0) is 35.9 Å². The van der Waals surface area contributed by atoms with Crippen molar-refractivity contribution in [2.75, 3.05) is 14.2 Å². The number of nitrogens with zero attached hydrogens (tertiary/aromatic N) is 3. The van der Waals surface area contributed by atoms with Crippen molar-refractivity contribution in [2.45, 2.75) is 0 Å². The molecule has 182 valence electrons. The van der Waals surface area contributed by atoms with Crippen molar-refractivity contribution in [1.82, 2.24) is 20.6 Å². The van der Waals surface area contributed by atoms with Crippen molar-refractivity contribution in [3.8, 4) is 28.3 Å². The van der Waals surface area contributed by atoms with E-state index in [1.165, 1.54) is 32.4 Å². The summed E-state index contributed by atoms with van der Waals surface area (Å²) >= 11 is 0. The maximum Gasteiger partial charge on any atom is 0.290 e. The van der Waals surface area contributed by atoms with Crippen molar-refractivity contribution in [1.29, 1.82) is 0 Å². The quantitative estimate of drug-likeness (QED) is 0.300. The highest BCUT2D eigenvalue weighted by atomic mass is 16.6. The number of nitro groups is 1. The Morgan fingerprint density at radius 2 is 1.61 bits per heavy atom. The van der Waals surface area contributed by atoms with Gasteiger partial charge in [-0.15, -0.1) is 0 Å². The van der Waals surface area contributed by atoms with Crippen molar-refractivity contribution < 1.29 is 24.0 Å². The molecule has 0 aliphatic heterocycles. The number of nitrogens with one attached hydrogen (secondary N) is 2. The van der Waals surface area contributed by atoms with Crippen LogP contribution >= 0.6 is 0 Å². The number of amides is 2. The van der Waals surface area contributed by atoms with Crippen LogP contribution in [0.5, 0.6) is 11.5 Å². The Kier molecular flexibility index (Phi) is 6.91. The van der Waals surface area contributed by atoms with Gasteiger partial charge in [-0.2, -0.15) is 5.10 Å². The van der Waals surface area contributed by atoms with Crippen LogP contribution in [-0.4, -0.2) is 40.7 Å². The first-order valence-electron chi connectivity index (χ1n) is 10.6. The number of para-hydroxylation sites is 1. The summed E-state index contributed by atoms with van der Waals surface area (Å²) in [5, 5.41) is 15.4. The van der Waals surface area contributed by atoms with Crippen LogP contribution in [0.4, 0.5) is 5.69 Å². The highest BCUT2D eigenvalue weighted by Crippen LogP contribution is 2.34. The molecule has 0 fully saturated rings. The van der Waals surface area contributed by atoms with Gasteiger partial charge in [0.2, 0.25) is 0 Å². The normalized spacial score (nSPS) is 10.4. The number of hydrogen-bond acceptors (Lipinski definition) is 7. The molecular weight excluding hydrogens is 466 g/mol. The molecule has 11 nitrogen and oxygen atoms in total. The smallest absolute Gasteiger partial charge is 0.290 e. The molecule has 0 aliphatic rings. The van der Waals surface area contributed by atoms with Crippen LogP contribution in [0, 0.1) is 10.1 Å². The molecule has 1 aromatic heterocycles. The van der Waals surface area contributed by atoms with E-state index in [0.717, 1.165) is 11.8 Å². The first-order chi connectivity index (χ1) is 17.4. The third-order valence-electron chi connectivity index (χ3n) is 5.25. The molecular formula is C25H21N5O6. The van der Waals surface area contributed by atoms with E-state index in [9.17, 15) is 19.7 Å². The number of benzene rings is 3. The maximum absolute atomic E-state index is 13.1. The lowest BCUT2D eigenvalue weighted by Gasteiger charge is -2.10. The van der Waals surface area contributed by atoms with E-state index in [2.05, 4.69) is 16.0 Å². The molecule has 0 unspecified atom stereocenters. The minimum atomic E-state index is -0.720. The van der Waals surface area contributed by atoms with E-state index in [1.54, 1.807) is 29.1 Å². The van der Waals surface area contributed by atoms with Gasteiger partial charge in [-0.1, -0.05) is 30.3 Å². The van der Waals surface area contributed by atoms with Gasteiger partial charge in [0.15, 0.2) is 17.2 Å². The first-order valence-corrected chi connectivity index (χ1v) is 10.6. The van der Waals surface area contributed by atoms with Crippen molar-refractivity contribution >= 4 is 17.5 Å². The molecule has 0 saturated carbocycles. The zero-order valence-electron chi connectivity index (χ0n) is 19.3. The predicted molar refractivity (Wildman–Crippen MR) is 130 cm³/mol. The molecule has 0 radical (unpaired) electrons. The van der Waals surface area contributed by atoms with Crippen LogP contribution in [-0.2, 0) is 0 Å². The van der Waals surface area contributed by atoms with E-state index in [1.807, 2.05) is 30.3 Å². The average molecular weight is 487 g/mol. The molecule has 11 heteroatoms. The molecule has 2 amide bonds. The Bertz CT molecular complexity index is 1430. The number of hydrazine groups is 1. The van der Waals surface area contributed by atoms with E-state index in [-0.39, 0.29) is 16.9 Å². The molecule has 36 heavy (non-hydrogen) atoms. The van der Waals surface area contributed by atoms with E-state index in [0.29, 0.717) is 22.6 Å². The van der Waals surface area contributed by atoms with E-state index >= 15 is 0 Å². The molecule has 0 saturated heterocycles.